The minimum absolute atomic E-state index is 0.318. The SMILES string of the molecule is Cc1oc(N)nc1C1CCCCC1. The average molecular weight is 180 g/mol. The third-order valence-electron chi connectivity index (χ3n) is 2.84. The summed E-state index contributed by atoms with van der Waals surface area (Å²) in [7, 11) is 0. The molecule has 0 radical (unpaired) electrons. The Labute approximate surface area is 78.3 Å². The van der Waals surface area contributed by atoms with Crippen molar-refractivity contribution in [1.82, 2.24) is 4.98 Å². The monoisotopic (exact) mass is 180 g/mol. The third-order valence-corrected chi connectivity index (χ3v) is 2.84. The maximum absolute atomic E-state index is 5.51. The zero-order valence-electron chi connectivity index (χ0n) is 8.05. The van der Waals surface area contributed by atoms with Crippen LogP contribution in [0.15, 0.2) is 4.42 Å². The Bertz CT molecular complexity index is 287. The molecule has 1 saturated carbocycles. The number of hydrogen-bond acceptors (Lipinski definition) is 3. The minimum atomic E-state index is 0.318. The Kier molecular flexibility index (Phi) is 2.25. The third kappa shape index (κ3) is 1.69. The van der Waals surface area contributed by atoms with Gasteiger partial charge in [-0.25, -0.2) is 0 Å². The van der Waals surface area contributed by atoms with E-state index in [1.54, 1.807) is 0 Å². The van der Waals surface area contributed by atoms with Crippen LogP contribution in [0.1, 0.15) is 49.5 Å². The molecule has 1 fully saturated rings. The molecule has 1 aromatic heterocycles. The van der Waals surface area contributed by atoms with Gasteiger partial charge >= 0.3 is 0 Å². The molecule has 1 aliphatic carbocycles. The molecule has 3 heteroatoms. The van der Waals surface area contributed by atoms with Crippen LogP contribution in [0.3, 0.4) is 0 Å². The number of aryl methyl sites for hydroxylation is 1. The number of aromatic nitrogens is 1. The summed E-state index contributed by atoms with van der Waals surface area (Å²) in [6, 6.07) is 0.318. The lowest BCUT2D eigenvalue weighted by atomic mass is 9.86. The van der Waals surface area contributed by atoms with Gasteiger partial charge in [-0.1, -0.05) is 19.3 Å². The second-order valence-electron chi connectivity index (χ2n) is 3.83. The molecule has 0 aliphatic heterocycles. The van der Waals surface area contributed by atoms with E-state index >= 15 is 0 Å². The molecule has 0 aromatic carbocycles. The molecule has 0 atom stereocenters. The van der Waals surface area contributed by atoms with Crippen LogP contribution in [-0.2, 0) is 0 Å². The number of rotatable bonds is 1. The predicted octanol–water partition coefficient (Wildman–Crippen LogP) is 2.61. The minimum Gasteiger partial charge on any atom is -0.429 e. The summed E-state index contributed by atoms with van der Waals surface area (Å²) in [5.74, 6) is 1.50. The van der Waals surface area contributed by atoms with Crippen molar-refractivity contribution in [3.05, 3.63) is 11.5 Å². The Morgan fingerprint density at radius 1 is 1.31 bits per heavy atom. The summed E-state index contributed by atoms with van der Waals surface area (Å²) >= 11 is 0. The van der Waals surface area contributed by atoms with Crippen molar-refractivity contribution in [3.8, 4) is 0 Å². The van der Waals surface area contributed by atoms with E-state index in [0.29, 0.717) is 11.9 Å². The number of hydrogen-bond donors (Lipinski definition) is 1. The van der Waals surface area contributed by atoms with Crippen LogP contribution in [0.25, 0.3) is 0 Å². The molecule has 2 rings (SSSR count). The summed E-state index contributed by atoms with van der Waals surface area (Å²) in [4.78, 5) is 4.24. The lowest BCUT2D eigenvalue weighted by molar-refractivity contribution is 0.431. The van der Waals surface area contributed by atoms with Crippen LogP contribution in [0.2, 0.25) is 0 Å². The molecule has 1 heterocycles. The highest BCUT2D eigenvalue weighted by atomic mass is 16.4. The lowest BCUT2D eigenvalue weighted by Crippen LogP contribution is -2.06. The fourth-order valence-electron chi connectivity index (χ4n) is 2.18. The molecular weight excluding hydrogens is 164 g/mol. The summed E-state index contributed by atoms with van der Waals surface area (Å²) in [6.45, 7) is 1.95. The fourth-order valence-corrected chi connectivity index (χ4v) is 2.18. The molecule has 2 N–H and O–H groups in total. The number of nitrogens with two attached hydrogens (primary N) is 1. The quantitative estimate of drug-likeness (QED) is 0.722. The number of nitrogen functional groups attached to an aromatic ring is 1. The molecule has 0 bridgehead atoms. The van der Waals surface area contributed by atoms with Crippen molar-refractivity contribution in [1.29, 1.82) is 0 Å². The van der Waals surface area contributed by atoms with Gasteiger partial charge in [0.25, 0.3) is 6.01 Å². The first kappa shape index (κ1) is 8.60. The molecule has 0 unspecified atom stereocenters. The molecule has 0 spiro atoms. The first-order valence-electron chi connectivity index (χ1n) is 5.00. The van der Waals surface area contributed by atoms with Crippen LogP contribution < -0.4 is 5.73 Å². The summed E-state index contributed by atoms with van der Waals surface area (Å²) in [5.41, 5.74) is 6.60. The van der Waals surface area contributed by atoms with Crippen LogP contribution in [-0.4, -0.2) is 4.98 Å². The van der Waals surface area contributed by atoms with Gasteiger partial charge in [0.05, 0.1) is 5.69 Å². The first-order valence-corrected chi connectivity index (χ1v) is 5.00. The van der Waals surface area contributed by atoms with Crippen LogP contribution in [0.5, 0.6) is 0 Å². The standard InChI is InChI=1S/C10H16N2O/c1-7-9(12-10(11)13-7)8-5-3-2-4-6-8/h8H,2-6H2,1H3,(H2,11,12). The molecule has 3 nitrogen and oxygen atoms in total. The Hall–Kier alpha value is -0.990. The fraction of sp³-hybridized carbons (Fsp3) is 0.700. The molecule has 1 aliphatic rings. The van der Waals surface area contributed by atoms with Crippen LogP contribution >= 0.6 is 0 Å². The largest absolute Gasteiger partial charge is 0.429 e. The zero-order chi connectivity index (χ0) is 9.26. The topological polar surface area (TPSA) is 52.0 Å². The second kappa shape index (κ2) is 3.40. The van der Waals surface area contributed by atoms with Gasteiger partial charge in [-0.05, 0) is 19.8 Å². The van der Waals surface area contributed by atoms with Gasteiger partial charge in [-0.15, -0.1) is 0 Å². The van der Waals surface area contributed by atoms with Gasteiger partial charge in [-0.3, -0.25) is 0 Å². The zero-order valence-corrected chi connectivity index (χ0v) is 8.05. The van der Waals surface area contributed by atoms with Gasteiger partial charge in [0.1, 0.15) is 5.76 Å². The van der Waals surface area contributed by atoms with Crippen molar-refractivity contribution in [2.45, 2.75) is 44.9 Å². The molecule has 72 valence electrons. The highest BCUT2D eigenvalue weighted by molar-refractivity contribution is 5.22. The normalized spacial score (nSPS) is 19.2. The first-order chi connectivity index (χ1) is 6.27. The Morgan fingerprint density at radius 3 is 2.54 bits per heavy atom. The van der Waals surface area contributed by atoms with E-state index in [-0.39, 0.29) is 0 Å². The van der Waals surface area contributed by atoms with Gasteiger partial charge in [0, 0.05) is 5.92 Å². The van der Waals surface area contributed by atoms with Crippen molar-refractivity contribution in [3.63, 3.8) is 0 Å². The molecule has 0 saturated heterocycles. The van der Waals surface area contributed by atoms with Gasteiger partial charge in [0.2, 0.25) is 0 Å². The Morgan fingerprint density at radius 2 is 2.00 bits per heavy atom. The van der Waals surface area contributed by atoms with Gasteiger partial charge in [-0.2, -0.15) is 4.98 Å². The highest BCUT2D eigenvalue weighted by Crippen LogP contribution is 2.34. The smallest absolute Gasteiger partial charge is 0.292 e. The molecule has 0 amide bonds. The van der Waals surface area contributed by atoms with Crippen molar-refractivity contribution >= 4 is 6.01 Å². The second-order valence-corrected chi connectivity index (χ2v) is 3.83. The van der Waals surface area contributed by atoms with Gasteiger partial charge in [0.15, 0.2) is 0 Å². The van der Waals surface area contributed by atoms with Crippen LogP contribution in [0, 0.1) is 6.92 Å². The van der Waals surface area contributed by atoms with Crippen molar-refractivity contribution in [2.24, 2.45) is 0 Å². The molecule has 1 aromatic rings. The maximum atomic E-state index is 5.51. The van der Waals surface area contributed by atoms with E-state index in [2.05, 4.69) is 4.98 Å². The van der Waals surface area contributed by atoms with E-state index in [1.807, 2.05) is 6.92 Å². The van der Waals surface area contributed by atoms with Crippen LogP contribution in [0.4, 0.5) is 6.01 Å². The number of anilines is 1. The van der Waals surface area contributed by atoms with Gasteiger partial charge < -0.3 is 10.2 Å². The van der Waals surface area contributed by atoms with E-state index < -0.39 is 0 Å². The molecule has 13 heavy (non-hydrogen) atoms. The van der Waals surface area contributed by atoms with E-state index in [1.165, 1.54) is 32.1 Å². The lowest BCUT2D eigenvalue weighted by Gasteiger charge is -2.19. The molecular formula is C10H16N2O. The number of nitrogens with zero attached hydrogens (tertiary/aromatic N) is 1. The highest BCUT2D eigenvalue weighted by Gasteiger charge is 2.21. The van der Waals surface area contributed by atoms with Crippen molar-refractivity contribution in [2.75, 3.05) is 5.73 Å². The summed E-state index contributed by atoms with van der Waals surface area (Å²) < 4.78 is 5.23. The van der Waals surface area contributed by atoms with Crippen molar-refractivity contribution < 1.29 is 4.42 Å². The average Bonchev–Trinajstić information content (AvgIpc) is 2.47. The van der Waals surface area contributed by atoms with E-state index in [4.69, 9.17) is 10.2 Å². The predicted molar refractivity (Wildman–Crippen MR) is 51.5 cm³/mol. The van der Waals surface area contributed by atoms with E-state index in [0.717, 1.165) is 11.5 Å². The summed E-state index contributed by atoms with van der Waals surface area (Å²) in [5, 5.41) is 0. The summed E-state index contributed by atoms with van der Waals surface area (Å²) in [6.07, 6.45) is 6.48. The Balaban J connectivity index is 2.18. The van der Waals surface area contributed by atoms with E-state index in [9.17, 15) is 0 Å². The number of oxazole rings is 1. The maximum Gasteiger partial charge on any atom is 0.292 e.